The Morgan fingerprint density at radius 3 is 2.68 bits per heavy atom. The van der Waals surface area contributed by atoms with Crippen LogP contribution >= 0.6 is 11.6 Å². The Bertz CT molecular complexity index is 733. The van der Waals surface area contributed by atoms with Gasteiger partial charge in [0.2, 0.25) is 0 Å². The van der Waals surface area contributed by atoms with Crippen molar-refractivity contribution in [3.8, 4) is 11.5 Å². The first kappa shape index (κ1) is 18.9. The molecule has 0 fully saturated rings. The second-order valence-corrected chi connectivity index (χ2v) is 5.83. The van der Waals surface area contributed by atoms with Gasteiger partial charge in [-0.3, -0.25) is 0 Å². The smallest absolute Gasteiger partial charge is 0.335 e. The molecule has 0 aliphatic carbocycles. The monoisotopic (exact) mass is 363 g/mol. The molecular formula is C19H22ClNO4. The number of nitrogens with one attached hydrogen (secondary N) is 1. The second-order valence-electron chi connectivity index (χ2n) is 5.43. The highest BCUT2D eigenvalue weighted by Gasteiger charge is 2.12. The van der Waals surface area contributed by atoms with Crippen LogP contribution in [0.15, 0.2) is 36.4 Å². The number of hydrogen-bond donors (Lipinski definition) is 2. The summed E-state index contributed by atoms with van der Waals surface area (Å²) in [6, 6.07) is 10.4. The van der Waals surface area contributed by atoms with Gasteiger partial charge in [0.25, 0.3) is 0 Å². The van der Waals surface area contributed by atoms with Crippen LogP contribution in [-0.4, -0.2) is 24.3 Å². The van der Waals surface area contributed by atoms with Gasteiger partial charge in [0.1, 0.15) is 0 Å². The molecule has 2 N–H and O–H groups in total. The van der Waals surface area contributed by atoms with Gasteiger partial charge in [-0.2, -0.15) is 0 Å². The van der Waals surface area contributed by atoms with E-state index >= 15 is 0 Å². The number of benzene rings is 2. The fourth-order valence-electron chi connectivity index (χ4n) is 2.30. The van der Waals surface area contributed by atoms with E-state index in [0.717, 1.165) is 17.7 Å². The largest absolute Gasteiger partial charge is 0.490 e. The molecule has 0 radical (unpaired) electrons. The maximum Gasteiger partial charge on any atom is 0.335 e. The molecule has 0 aromatic heterocycles. The van der Waals surface area contributed by atoms with Crippen molar-refractivity contribution in [2.75, 3.05) is 18.5 Å². The first-order chi connectivity index (χ1) is 12.0. The summed E-state index contributed by atoms with van der Waals surface area (Å²) in [6.07, 6.45) is 0.880. The molecule has 0 saturated carbocycles. The van der Waals surface area contributed by atoms with E-state index in [1.165, 1.54) is 0 Å². The van der Waals surface area contributed by atoms with E-state index in [2.05, 4.69) is 5.32 Å². The molecule has 0 aliphatic heterocycles. The molecule has 5 nitrogen and oxygen atoms in total. The summed E-state index contributed by atoms with van der Waals surface area (Å²) in [4.78, 5) is 11.0. The van der Waals surface area contributed by atoms with Gasteiger partial charge < -0.3 is 19.9 Å². The summed E-state index contributed by atoms with van der Waals surface area (Å²) in [7, 11) is 0. The molecule has 2 rings (SSSR count). The number of hydrogen-bond acceptors (Lipinski definition) is 4. The van der Waals surface area contributed by atoms with Crippen molar-refractivity contribution in [1.29, 1.82) is 0 Å². The average molecular weight is 364 g/mol. The molecule has 0 amide bonds. The predicted octanol–water partition coefficient (Wildman–Crippen LogP) is 4.84. The van der Waals surface area contributed by atoms with Gasteiger partial charge in [0, 0.05) is 12.2 Å². The zero-order chi connectivity index (χ0) is 18.2. The summed E-state index contributed by atoms with van der Waals surface area (Å²) in [5, 5.41) is 12.7. The zero-order valence-electron chi connectivity index (χ0n) is 14.3. The van der Waals surface area contributed by atoms with Crippen molar-refractivity contribution in [3.05, 3.63) is 52.5 Å². The molecule has 2 aromatic carbocycles. The third-order valence-electron chi connectivity index (χ3n) is 3.43. The lowest BCUT2D eigenvalue weighted by Gasteiger charge is -2.15. The predicted molar refractivity (Wildman–Crippen MR) is 99.1 cm³/mol. The van der Waals surface area contributed by atoms with E-state index in [1.807, 2.05) is 32.0 Å². The number of carboxylic acids is 1. The fourth-order valence-corrected chi connectivity index (χ4v) is 2.58. The van der Waals surface area contributed by atoms with Crippen LogP contribution in [-0.2, 0) is 6.54 Å². The van der Waals surface area contributed by atoms with E-state index in [9.17, 15) is 4.79 Å². The Labute approximate surface area is 152 Å². The van der Waals surface area contributed by atoms with Crippen molar-refractivity contribution in [2.45, 2.75) is 26.8 Å². The summed E-state index contributed by atoms with van der Waals surface area (Å²) >= 11 is 6.34. The van der Waals surface area contributed by atoms with Crippen LogP contribution in [0.25, 0.3) is 0 Å². The summed E-state index contributed by atoms with van der Waals surface area (Å²) in [6.45, 7) is 5.49. The van der Waals surface area contributed by atoms with Gasteiger partial charge in [0.15, 0.2) is 11.5 Å². The molecule has 2 aromatic rings. The normalized spacial score (nSPS) is 10.4. The van der Waals surface area contributed by atoms with Gasteiger partial charge in [-0.25, -0.2) is 4.79 Å². The topological polar surface area (TPSA) is 67.8 Å². The van der Waals surface area contributed by atoms with Crippen LogP contribution in [0.5, 0.6) is 11.5 Å². The Morgan fingerprint density at radius 2 is 2.00 bits per heavy atom. The van der Waals surface area contributed by atoms with Crippen LogP contribution in [0.4, 0.5) is 5.69 Å². The molecule has 0 unspecified atom stereocenters. The number of halogens is 1. The minimum atomic E-state index is -0.956. The van der Waals surface area contributed by atoms with Crippen LogP contribution < -0.4 is 14.8 Å². The van der Waals surface area contributed by atoms with Gasteiger partial charge in [0.05, 0.1) is 23.8 Å². The third-order valence-corrected chi connectivity index (χ3v) is 3.71. The Morgan fingerprint density at radius 1 is 1.20 bits per heavy atom. The van der Waals surface area contributed by atoms with Crippen molar-refractivity contribution < 1.29 is 19.4 Å². The lowest BCUT2D eigenvalue weighted by molar-refractivity contribution is 0.0697. The molecular weight excluding hydrogens is 342 g/mol. The fraction of sp³-hybridized carbons (Fsp3) is 0.316. The van der Waals surface area contributed by atoms with Gasteiger partial charge in [-0.15, -0.1) is 0 Å². The number of carbonyl (C=O) groups is 1. The van der Waals surface area contributed by atoms with E-state index in [0.29, 0.717) is 36.3 Å². The lowest BCUT2D eigenvalue weighted by Crippen LogP contribution is -2.05. The van der Waals surface area contributed by atoms with Gasteiger partial charge in [-0.05, 0) is 49.2 Å². The van der Waals surface area contributed by atoms with E-state index < -0.39 is 5.97 Å². The maximum absolute atomic E-state index is 11.0. The first-order valence-electron chi connectivity index (χ1n) is 8.20. The summed E-state index contributed by atoms with van der Waals surface area (Å²) in [5.74, 6) is 0.212. The summed E-state index contributed by atoms with van der Waals surface area (Å²) < 4.78 is 11.3. The molecule has 6 heteroatoms. The lowest BCUT2D eigenvalue weighted by atomic mass is 10.1. The van der Waals surface area contributed by atoms with E-state index in [1.54, 1.807) is 18.2 Å². The Hall–Kier alpha value is -2.40. The average Bonchev–Trinajstić information content (AvgIpc) is 2.60. The number of anilines is 1. The van der Waals surface area contributed by atoms with Crippen LogP contribution in [0.2, 0.25) is 5.02 Å². The molecule has 0 saturated heterocycles. The number of ether oxygens (including phenoxy) is 2. The minimum Gasteiger partial charge on any atom is -0.490 e. The van der Waals surface area contributed by atoms with Crippen molar-refractivity contribution in [2.24, 2.45) is 0 Å². The van der Waals surface area contributed by atoms with Crippen molar-refractivity contribution >= 4 is 23.3 Å². The van der Waals surface area contributed by atoms with Crippen molar-refractivity contribution in [3.63, 3.8) is 0 Å². The molecule has 0 atom stereocenters. The van der Waals surface area contributed by atoms with E-state index in [4.69, 9.17) is 26.2 Å². The maximum atomic E-state index is 11.0. The summed E-state index contributed by atoms with van der Waals surface area (Å²) in [5.41, 5.74) is 1.87. The highest BCUT2D eigenvalue weighted by Crippen LogP contribution is 2.37. The molecule has 0 heterocycles. The first-order valence-corrected chi connectivity index (χ1v) is 8.58. The molecule has 25 heavy (non-hydrogen) atoms. The number of aromatic carboxylic acids is 1. The SMILES string of the molecule is CCCOc1c(Cl)cc(CNc2cccc(C(=O)O)c2)cc1OCC. The number of carboxylic acid groups (broad SMARTS) is 1. The van der Waals surface area contributed by atoms with Crippen LogP contribution in [0.1, 0.15) is 36.2 Å². The zero-order valence-corrected chi connectivity index (χ0v) is 15.1. The Balaban J connectivity index is 2.16. The molecule has 0 bridgehead atoms. The third kappa shape index (κ3) is 5.29. The van der Waals surface area contributed by atoms with Gasteiger partial charge in [-0.1, -0.05) is 24.6 Å². The molecule has 134 valence electrons. The van der Waals surface area contributed by atoms with Gasteiger partial charge >= 0.3 is 5.97 Å². The van der Waals surface area contributed by atoms with Crippen molar-refractivity contribution in [1.82, 2.24) is 0 Å². The van der Waals surface area contributed by atoms with Crippen LogP contribution in [0, 0.1) is 0 Å². The highest BCUT2D eigenvalue weighted by atomic mass is 35.5. The second kappa shape index (κ2) is 9.18. The quantitative estimate of drug-likeness (QED) is 0.667. The van der Waals surface area contributed by atoms with Crippen LogP contribution in [0.3, 0.4) is 0 Å². The Kier molecular flexibility index (Phi) is 6.95. The van der Waals surface area contributed by atoms with E-state index in [-0.39, 0.29) is 5.56 Å². The number of rotatable bonds is 9. The minimum absolute atomic E-state index is 0.237. The molecule has 0 spiro atoms. The highest BCUT2D eigenvalue weighted by molar-refractivity contribution is 6.32. The molecule has 0 aliphatic rings. The standard InChI is InChI=1S/C19H22ClNO4/c1-3-8-25-18-16(20)9-13(10-17(18)24-4-2)12-21-15-7-5-6-14(11-15)19(22)23/h5-7,9-11,21H,3-4,8,12H2,1-2H3,(H,22,23).